The van der Waals surface area contributed by atoms with Gasteiger partial charge in [0, 0.05) is 117 Å². The van der Waals surface area contributed by atoms with Crippen molar-refractivity contribution >= 4 is 83.8 Å². The van der Waals surface area contributed by atoms with Gasteiger partial charge in [-0.15, -0.1) is 11.8 Å². The maximum absolute atomic E-state index is 15.6. The van der Waals surface area contributed by atoms with Crippen molar-refractivity contribution in [3.05, 3.63) is 153 Å². The number of nitrogens with one attached hydrogen (secondary N) is 3. The second kappa shape index (κ2) is 24.7. The average molecular weight is 1260 g/mol. The highest BCUT2D eigenvalue weighted by Gasteiger charge is 2.49. The van der Waals surface area contributed by atoms with Crippen LogP contribution >= 0.6 is 23.4 Å². The van der Waals surface area contributed by atoms with E-state index < -0.39 is 82.4 Å². The molecule has 0 radical (unpaired) electrons. The van der Waals surface area contributed by atoms with Crippen molar-refractivity contribution < 1.29 is 53.6 Å². The summed E-state index contributed by atoms with van der Waals surface area (Å²) in [6.45, 7) is 10.6. The lowest BCUT2D eigenvalue weighted by Gasteiger charge is -2.57. The second-order valence-electron chi connectivity index (χ2n) is 24.0. The van der Waals surface area contributed by atoms with Crippen LogP contribution in [0.2, 0.25) is 5.02 Å². The lowest BCUT2D eigenvalue weighted by molar-refractivity contribution is -0.136. The number of imide groups is 1. The number of anilines is 2. The number of carbonyl (C=O) groups excluding carboxylic acids is 4. The van der Waals surface area contributed by atoms with Crippen molar-refractivity contribution in [2.45, 2.75) is 116 Å². The highest BCUT2D eigenvalue weighted by atomic mass is 35.5. The summed E-state index contributed by atoms with van der Waals surface area (Å²) < 4.78 is 116. The molecule has 4 amide bonds. The van der Waals surface area contributed by atoms with Gasteiger partial charge in [0.05, 0.1) is 16.1 Å². The van der Waals surface area contributed by atoms with Crippen molar-refractivity contribution in [1.82, 2.24) is 29.6 Å². The van der Waals surface area contributed by atoms with Gasteiger partial charge in [-0.25, -0.2) is 25.9 Å². The molecule has 0 spiro atoms. The number of alkyl halides is 3. The lowest BCUT2D eigenvalue weighted by atomic mass is 9.73. The molecule has 24 heteroatoms. The maximum Gasteiger partial charge on any atom is 0.501 e. The lowest BCUT2D eigenvalue weighted by Crippen LogP contribution is -2.68. The predicted octanol–water partition coefficient (Wildman–Crippen LogP) is 9.36. The molecular formula is C62H67ClF4N8O8S3. The number of benzene rings is 5. The monoisotopic (exact) mass is 1260 g/mol. The van der Waals surface area contributed by atoms with E-state index in [-0.39, 0.29) is 53.8 Å². The van der Waals surface area contributed by atoms with E-state index in [1.807, 2.05) is 47.2 Å². The number of hydrogen-bond acceptors (Lipinski definition) is 14. The maximum atomic E-state index is 15.6. The highest BCUT2D eigenvalue weighted by molar-refractivity contribution is 7.99. The van der Waals surface area contributed by atoms with Crippen LogP contribution in [0.4, 0.5) is 28.9 Å². The number of sulfonamides is 1. The first kappa shape index (κ1) is 61.3. The van der Waals surface area contributed by atoms with E-state index in [0.717, 1.165) is 68.0 Å². The number of rotatable bonds is 19. The third-order valence-corrected chi connectivity index (χ3v) is 21.8. The first-order chi connectivity index (χ1) is 40.9. The summed E-state index contributed by atoms with van der Waals surface area (Å²) in [5.74, 6) is -3.05. The summed E-state index contributed by atoms with van der Waals surface area (Å²) in [5.41, 5.74) is -0.245. The van der Waals surface area contributed by atoms with Gasteiger partial charge in [-0.1, -0.05) is 67.4 Å². The fraction of sp³-hybridized carbons (Fsp3) is 0.419. The first-order valence-electron chi connectivity index (χ1n) is 28.8. The Morgan fingerprint density at radius 3 is 2.24 bits per heavy atom. The minimum atomic E-state index is -6.17. The van der Waals surface area contributed by atoms with E-state index in [0.29, 0.717) is 67.9 Å². The number of thioether (sulfide) groups is 1. The van der Waals surface area contributed by atoms with Crippen LogP contribution < -0.4 is 20.3 Å². The van der Waals surface area contributed by atoms with Crippen LogP contribution in [-0.4, -0.2) is 148 Å². The highest BCUT2D eigenvalue weighted by Crippen LogP contribution is 2.44. The number of piperazine rings is 2. The standard InChI is InChI=1S/C62H67ClF4N8O8S3/c1-61(2)22-20-51(40-8-12-44(63)13-9-40)43(32-61)34-71-24-26-73(27-25-71)46-14-10-41(11-15-46)58(77)70-86(82,83)50-16-17-53(55(31-50)85(80,81)62(65,66)67)68-45(38-84-49-6-4-3-5-7-49)21-23-74-47-30-48(74)37-72(36-47)33-39-28-42-35-75(60(79)57(42)52(64)29-39)54-18-19-56(76)69-59(54)78/h3-17,28-29,31,45,47-48,54,68H,18-27,30,32-38H2,1-2H3,(H,70,77)(H,69,76,78)/t45-,47?,48?,54?/m1/s1. The molecule has 2 bridgehead atoms. The molecule has 12 rings (SSSR count). The number of sulfone groups is 1. The van der Waals surface area contributed by atoms with Crippen LogP contribution in [0.25, 0.3) is 5.57 Å². The molecular weight excluding hydrogens is 1190 g/mol. The van der Waals surface area contributed by atoms with Gasteiger partial charge < -0.3 is 15.1 Å². The van der Waals surface area contributed by atoms with Crippen molar-refractivity contribution in [2.75, 3.05) is 68.3 Å². The van der Waals surface area contributed by atoms with Gasteiger partial charge in [0.2, 0.25) is 11.8 Å². The molecule has 16 nitrogen and oxygen atoms in total. The molecule has 1 aliphatic carbocycles. The van der Waals surface area contributed by atoms with Crippen LogP contribution in [-0.2, 0) is 42.5 Å². The van der Waals surface area contributed by atoms with Gasteiger partial charge in [0.15, 0.2) is 0 Å². The fourth-order valence-corrected chi connectivity index (χ4v) is 16.1. The summed E-state index contributed by atoms with van der Waals surface area (Å²) in [6, 6.07) is 27.8. The second-order valence-corrected chi connectivity index (χ2v) is 29.1. The normalized spacial score (nSPS) is 21.7. The SMILES string of the molecule is CC1(C)CCC(c2ccc(Cl)cc2)=C(CN2CCN(c3ccc(C(=O)NS(=O)(=O)c4ccc(N[C@H](CCN5C6CC5CN(Cc5cc(F)c7c(c5)CN(C5CCC(=O)NC5=O)C7=O)C6)CSc5ccccc5)c(S(=O)(=O)C(F)(F)F)c4)cc3)CC2)C1. The van der Waals surface area contributed by atoms with E-state index in [1.165, 1.54) is 51.6 Å². The third-order valence-electron chi connectivity index (χ3n) is 17.5. The van der Waals surface area contributed by atoms with Crippen LogP contribution in [0.5, 0.6) is 0 Å². The van der Waals surface area contributed by atoms with E-state index in [9.17, 15) is 49.2 Å². The van der Waals surface area contributed by atoms with Gasteiger partial charge in [-0.05, 0) is 139 Å². The number of hydrogen-bond donors (Lipinski definition) is 3. The van der Waals surface area contributed by atoms with Crippen LogP contribution in [0, 0.1) is 11.2 Å². The molecule has 4 atom stereocenters. The molecule has 0 saturated carbocycles. The quantitative estimate of drug-likeness (QED) is 0.0403. The molecule has 6 heterocycles. The topological polar surface area (TPSA) is 189 Å². The zero-order valence-electron chi connectivity index (χ0n) is 47.5. The van der Waals surface area contributed by atoms with Gasteiger partial charge in [-0.2, -0.15) is 13.2 Å². The van der Waals surface area contributed by atoms with Crippen molar-refractivity contribution in [1.29, 1.82) is 0 Å². The smallest absolute Gasteiger partial charge is 0.380 e. The molecule has 86 heavy (non-hydrogen) atoms. The summed E-state index contributed by atoms with van der Waals surface area (Å²) in [6.07, 6.45) is 4.54. The Morgan fingerprint density at radius 2 is 1.56 bits per heavy atom. The predicted molar refractivity (Wildman–Crippen MR) is 321 cm³/mol. The zero-order valence-corrected chi connectivity index (χ0v) is 50.8. The Kier molecular flexibility index (Phi) is 17.6. The minimum absolute atomic E-state index is 0.0356. The molecule has 5 aromatic rings. The molecule has 5 aromatic carbocycles. The Balaban J connectivity index is 0.730. The molecule has 5 saturated heterocycles. The largest absolute Gasteiger partial charge is 0.501 e. The summed E-state index contributed by atoms with van der Waals surface area (Å²) in [4.78, 5) is 60.3. The van der Waals surface area contributed by atoms with Crippen molar-refractivity contribution in [3.8, 4) is 0 Å². The molecule has 3 unspecified atom stereocenters. The molecule has 456 valence electrons. The van der Waals surface area contributed by atoms with E-state index in [4.69, 9.17) is 11.6 Å². The van der Waals surface area contributed by atoms with E-state index in [2.05, 4.69) is 56.2 Å². The third kappa shape index (κ3) is 13.4. The van der Waals surface area contributed by atoms with Gasteiger partial charge in [0.1, 0.15) is 16.8 Å². The number of carbonyl (C=O) groups is 4. The van der Waals surface area contributed by atoms with Crippen LogP contribution in [0.15, 0.2) is 129 Å². The molecule has 7 aliphatic rings. The van der Waals surface area contributed by atoms with Crippen LogP contribution in [0.1, 0.15) is 96.2 Å². The van der Waals surface area contributed by atoms with Crippen molar-refractivity contribution in [2.24, 2.45) is 5.41 Å². The number of halogens is 5. The number of allylic oxidation sites excluding steroid dienone is 1. The Bertz CT molecular complexity index is 3690. The number of nitrogens with zero attached hydrogens (tertiary/aromatic N) is 5. The summed E-state index contributed by atoms with van der Waals surface area (Å²) in [7, 11) is -11.1. The van der Waals surface area contributed by atoms with E-state index in [1.54, 1.807) is 18.2 Å². The fourth-order valence-electron chi connectivity index (χ4n) is 13.0. The first-order valence-corrected chi connectivity index (χ1v) is 33.2. The number of fused-ring (bicyclic) bond motifs is 3. The molecule has 5 fully saturated rings. The summed E-state index contributed by atoms with van der Waals surface area (Å²) in [5, 5.41) is 6.00. The van der Waals surface area contributed by atoms with Gasteiger partial charge in [-0.3, -0.25) is 39.2 Å². The molecule has 3 N–H and O–H groups in total. The molecule has 0 aromatic heterocycles. The number of amides is 4. The van der Waals surface area contributed by atoms with Crippen LogP contribution in [0.3, 0.4) is 0 Å². The van der Waals surface area contributed by atoms with Crippen molar-refractivity contribution in [3.63, 3.8) is 0 Å². The molecule has 6 aliphatic heterocycles. The van der Waals surface area contributed by atoms with Gasteiger partial charge >= 0.3 is 5.51 Å². The minimum Gasteiger partial charge on any atom is -0.380 e. The Hall–Kier alpha value is -6.34. The summed E-state index contributed by atoms with van der Waals surface area (Å²) >= 11 is 7.62. The Morgan fingerprint density at radius 1 is 0.849 bits per heavy atom. The average Bonchev–Trinajstić information content (AvgIpc) is 1.92. The number of piperidine rings is 2. The zero-order chi connectivity index (χ0) is 60.9. The Labute approximate surface area is 507 Å². The van der Waals surface area contributed by atoms with Gasteiger partial charge in [0.25, 0.3) is 31.7 Å². The van der Waals surface area contributed by atoms with E-state index >= 15 is 4.39 Å².